The number of nitrogens with one attached hydrogen (secondary N) is 2. The molecule has 0 unspecified atom stereocenters. The number of anilines is 1. The van der Waals surface area contributed by atoms with Crippen molar-refractivity contribution in [2.75, 3.05) is 25.1 Å². The largest absolute Gasteiger partial charge is 0.490 e. The first-order valence-corrected chi connectivity index (χ1v) is 12.0. The second kappa shape index (κ2) is 10.4. The SMILES string of the molecule is CC(C)Oc1cccc(F)c1-c1c[nH]c2nccc(Oc3c(F)cc(NC4=NC[C@@](F)(CO)CO4)cc3F)c12. The summed E-state index contributed by atoms with van der Waals surface area (Å²) in [7, 11) is 0. The van der Waals surface area contributed by atoms with Crippen LogP contribution in [0.25, 0.3) is 22.2 Å². The second-order valence-electron chi connectivity index (χ2n) is 9.23. The highest BCUT2D eigenvalue weighted by atomic mass is 19.1. The molecular formula is C27H24F4N4O4. The van der Waals surface area contributed by atoms with E-state index in [1.165, 1.54) is 30.6 Å². The van der Waals surface area contributed by atoms with Gasteiger partial charge in [0.15, 0.2) is 23.1 Å². The van der Waals surface area contributed by atoms with Crippen molar-refractivity contribution in [3.8, 4) is 28.4 Å². The summed E-state index contributed by atoms with van der Waals surface area (Å²) < 4.78 is 75.8. The molecule has 1 aliphatic heterocycles. The fourth-order valence-electron chi connectivity index (χ4n) is 4.06. The van der Waals surface area contributed by atoms with Gasteiger partial charge in [0.25, 0.3) is 6.02 Å². The minimum Gasteiger partial charge on any atom is -0.490 e. The summed E-state index contributed by atoms with van der Waals surface area (Å²) in [4.78, 5) is 11.0. The molecule has 1 atom stereocenters. The smallest absolute Gasteiger partial charge is 0.289 e. The molecule has 0 amide bonds. The van der Waals surface area contributed by atoms with Crippen molar-refractivity contribution in [2.45, 2.75) is 25.6 Å². The second-order valence-corrected chi connectivity index (χ2v) is 9.23. The minimum absolute atomic E-state index is 0.0248. The summed E-state index contributed by atoms with van der Waals surface area (Å²) in [6.07, 6.45) is 2.66. The minimum atomic E-state index is -2.02. The summed E-state index contributed by atoms with van der Waals surface area (Å²) in [6.45, 7) is 2.00. The lowest BCUT2D eigenvalue weighted by Crippen LogP contribution is -2.43. The summed E-state index contributed by atoms with van der Waals surface area (Å²) >= 11 is 0. The van der Waals surface area contributed by atoms with E-state index in [1.807, 2.05) is 0 Å². The number of benzene rings is 2. The van der Waals surface area contributed by atoms with E-state index in [0.29, 0.717) is 16.6 Å². The van der Waals surface area contributed by atoms with Crippen LogP contribution in [0.4, 0.5) is 23.2 Å². The van der Waals surface area contributed by atoms with Crippen molar-refractivity contribution in [3.63, 3.8) is 0 Å². The molecule has 2 aromatic heterocycles. The maximum atomic E-state index is 15.1. The molecule has 0 aliphatic carbocycles. The molecule has 204 valence electrons. The molecule has 0 saturated carbocycles. The summed E-state index contributed by atoms with van der Waals surface area (Å²) in [5.74, 6) is -3.07. The van der Waals surface area contributed by atoms with Crippen LogP contribution in [-0.4, -0.2) is 52.6 Å². The number of nitrogens with zero attached hydrogens (tertiary/aromatic N) is 2. The van der Waals surface area contributed by atoms with Crippen LogP contribution in [0, 0.1) is 17.5 Å². The number of aliphatic imine (C=N–C) groups is 1. The molecule has 0 spiro atoms. The quantitative estimate of drug-likeness (QED) is 0.257. The third-order valence-electron chi connectivity index (χ3n) is 5.86. The van der Waals surface area contributed by atoms with Crippen LogP contribution in [0.2, 0.25) is 0 Å². The van der Waals surface area contributed by atoms with Crippen molar-refractivity contribution < 1.29 is 36.9 Å². The predicted octanol–water partition coefficient (Wildman–Crippen LogP) is 5.73. The molecule has 0 saturated heterocycles. The number of hydrogen-bond acceptors (Lipinski definition) is 7. The third-order valence-corrected chi connectivity index (χ3v) is 5.86. The number of ether oxygens (including phenoxy) is 3. The number of halogens is 4. The first-order valence-electron chi connectivity index (χ1n) is 12.0. The van der Waals surface area contributed by atoms with Crippen LogP contribution in [-0.2, 0) is 4.74 Å². The molecule has 3 heterocycles. The van der Waals surface area contributed by atoms with E-state index in [-0.39, 0.29) is 41.4 Å². The number of rotatable bonds is 7. The fourth-order valence-corrected chi connectivity index (χ4v) is 4.06. The first kappa shape index (κ1) is 26.3. The third kappa shape index (κ3) is 5.32. The summed E-state index contributed by atoms with van der Waals surface area (Å²) in [6, 6.07) is 7.58. The van der Waals surface area contributed by atoms with Gasteiger partial charge >= 0.3 is 0 Å². The van der Waals surface area contributed by atoms with Crippen LogP contribution in [0.15, 0.2) is 53.8 Å². The standard InChI is InChI=1S/C27H24F4N4O4/c1-14(2)38-20-5-3-4-17(28)22(20)16-10-33-25-23(16)21(6-7-32-25)39-24-18(29)8-15(9-19(24)30)35-26-34-11-27(31,12-36)13-37-26/h3-10,14,36H,11-13H2,1-2H3,(H,32,33)(H,34,35)/t27-/m1/s1. The van der Waals surface area contributed by atoms with Crippen molar-refractivity contribution in [3.05, 3.63) is 66.2 Å². The number of aromatic amines is 1. The number of hydrogen-bond donors (Lipinski definition) is 3. The Morgan fingerprint density at radius 3 is 2.56 bits per heavy atom. The number of aromatic nitrogens is 2. The molecule has 0 fully saturated rings. The average molecular weight is 545 g/mol. The van der Waals surface area contributed by atoms with Crippen molar-refractivity contribution in [1.29, 1.82) is 0 Å². The lowest BCUT2D eigenvalue weighted by atomic mass is 10.0. The molecule has 39 heavy (non-hydrogen) atoms. The van der Waals surface area contributed by atoms with E-state index in [0.717, 1.165) is 12.1 Å². The Kier molecular flexibility index (Phi) is 7.04. The van der Waals surface area contributed by atoms with Crippen LogP contribution in [0.3, 0.4) is 0 Å². The van der Waals surface area contributed by atoms with Crippen molar-refractivity contribution >= 4 is 22.7 Å². The predicted molar refractivity (Wildman–Crippen MR) is 136 cm³/mol. The molecular weight excluding hydrogens is 520 g/mol. The van der Waals surface area contributed by atoms with Gasteiger partial charge in [-0.1, -0.05) is 6.07 Å². The van der Waals surface area contributed by atoms with Crippen LogP contribution >= 0.6 is 0 Å². The number of amidine groups is 1. The Morgan fingerprint density at radius 2 is 1.90 bits per heavy atom. The van der Waals surface area contributed by atoms with Crippen molar-refractivity contribution in [2.24, 2.45) is 4.99 Å². The van der Waals surface area contributed by atoms with Gasteiger partial charge in [-0.15, -0.1) is 0 Å². The van der Waals surface area contributed by atoms with Gasteiger partial charge in [0.05, 0.1) is 30.2 Å². The Bertz CT molecular complexity index is 1540. The van der Waals surface area contributed by atoms with Crippen molar-refractivity contribution in [1.82, 2.24) is 9.97 Å². The number of aliphatic hydroxyl groups is 1. The van der Waals surface area contributed by atoms with Gasteiger partial charge < -0.3 is 29.6 Å². The molecule has 0 radical (unpaired) electrons. The molecule has 12 heteroatoms. The highest BCUT2D eigenvalue weighted by Crippen LogP contribution is 2.42. The molecule has 5 rings (SSSR count). The van der Waals surface area contributed by atoms with Gasteiger partial charge in [-0.2, -0.15) is 0 Å². The van der Waals surface area contributed by atoms with E-state index in [2.05, 4.69) is 20.3 Å². The monoisotopic (exact) mass is 544 g/mol. The number of fused-ring (bicyclic) bond motifs is 1. The first-order chi connectivity index (χ1) is 18.7. The molecule has 0 bridgehead atoms. The van der Waals surface area contributed by atoms with Gasteiger partial charge in [0.1, 0.15) is 29.6 Å². The number of pyridine rings is 1. The Hall–Kier alpha value is -4.32. The van der Waals surface area contributed by atoms with Gasteiger partial charge in [0.2, 0.25) is 0 Å². The van der Waals surface area contributed by atoms with E-state index in [9.17, 15) is 4.39 Å². The average Bonchev–Trinajstić information content (AvgIpc) is 3.32. The highest BCUT2D eigenvalue weighted by Gasteiger charge is 2.34. The molecule has 3 N–H and O–H groups in total. The van der Waals surface area contributed by atoms with E-state index in [1.54, 1.807) is 19.9 Å². The summed E-state index contributed by atoms with van der Waals surface area (Å²) in [5.41, 5.74) is -1.30. The lowest BCUT2D eigenvalue weighted by Gasteiger charge is -2.26. The molecule has 2 aromatic carbocycles. The fraction of sp³-hybridized carbons (Fsp3) is 0.259. The zero-order chi connectivity index (χ0) is 27.7. The van der Waals surface area contributed by atoms with Gasteiger partial charge in [-0.3, -0.25) is 0 Å². The number of H-pyrrole nitrogens is 1. The van der Waals surface area contributed by atoms with E-state index >= 15 is 13.2 Å². The van der Waals surface area contributed by atoms with E-state index in [4.69, 9.17) is 19.3 Å². The molecule has 1 aliphatic rings. The van der Waals surface area contributed by atoms with Gasteiger partial charge in [0, 0.05) is 35.8 Å². The van der Waals surface area contributed by atoms with Crippen LogP contribution in [0.1, 0.15) is 13.8 Å². The van der Waals surface area contributed by atoms with Crippen LogP contribution < -0.4 is 14.8 Å². The maximum absolute atomic E-state index is 15.1. The molecule has 4 aromatic rings. The highest BCUT2D eigenvalue weighted by molar-refractivity contribution is 5.99. The number of aliphatic hydroxyl groups excluding tert-OH is 1. The van der Waals surface area contributed by atoms with Gasteiger partial charge in [-0.05, 0) is 32.0 Å². The Labute approximate surface area is 220 Å². The maximum Gasteiger partial charge on any atom is 0.289 e. The van der Waals surface area contributed by atoms with Crippen LogP contribution in [0.5, 0.6) is 17.2 Å². The number of alkyl halides is 1. The normalized spacial score (nSPS) is 17.2. The lowest BCUT2D eigenvalue weighted by molar-refractivity contribution is 0.0181. The Morgan fingerprint density at radius 1 is 1.13 bits per heavy atom. The van der Waals surface area contributed by atoms with Gasteiger partial charge in [-0.25, -0.2) is 27.5 Å². The Balaban J connectivity index is 1.48. The molecule has 8 nitrogen and oxygen atoms in total. The topological polar surface area (TPSA) is 101 Å². The zero-order valence-electron chi connectivity index (χ0n) is 20.9. The summed E-state index contributed by atoms with van der Waals surface area (Å²) in [5, 5.41) is 11.9. The zero-order valence-corrected chi connectivity index (χ0v) is 20.9. The van der Waals surface area contributed by atoms with E-state index < -0.39 is 42.1 Å².